The molecule has 3 heterocycles. The Kier molecular flexibility index (Phi) is 19.7. The first-order chi connectivity index (χ1) is 40.4. The highest BCUT2D eigenvalue weighted by Crippen LogP contribution is 2.48. The van der Waals surface area contributed by atoms with Crippen LogP contribution in [0.3, 0.4) is 0 Å². The number of aliphatic hydroxyl groups excluding tert-OH is 4. The number of β-amino-alcohol motifs (C(OH)–C–C–N with tert-alkyl or cyclic N) is 1. The maximum absolute atomic E-state index is 15.4. The number of aryl methyl sites for hydroxylation is 2. The molecule has 5 aromatic carbocycles. The molecular formula is C71H84N4O8. The van der Waals surface area contributed by atoms with Crippen LogP contribution in [-0.4, -0.2) is 93.7 Å². The minimum atomic E-state index is -1.89. The lowest BCUT2D eigenvalue weighted by Gasteiger charge is -2.36. The number of phenols is 1. The summed E-state index contributed by atoms with van der Waals surface area (Å²) in [5, 5.41) is 71.9. The van der Waals surface area contributed by atoms with E-state index in [9.17, 15) is 30.3 Å². The molecule has 11 unspecified atom stereocenters. The van der Waals surface area contributed by atoms with Crippen LogP contribution < -0.4 is 20.7 Å². The molecule has 0 spiro atoms. The van der Waals surface area contributed by atoms with Crippen molar-refractivity contribution >= 4 is 28.0 Å². The van der Waals surface area contributed by atoms with E-state index < -0.39 is 47.6 Å². The van der Waals surface area contributed by atoms with Crippen molar-refractivity contribution in [3.63, 3.8) is 0 Å². The molecule has 0 radical (unpaired) electrons. The lowest BCUT2D eigenvalue weighted by molar-refractivity contribution is -0.142. The summed E-state index contributed by atoms with van der Waals surface area (Å²) in [5.41, 5.74) is 9.31. The second kappa shape index (κ2) is 27.6. The van der Waals surface area contributed by atoms with E-state index in [0.717, 1.165) is 73.3 Å². The van der Waals surface area contributed by atoms with Gasteiger partial charge in [-0.1, -0.05) is 123 Å². The normalized spacial score (nSPS) is 26.4. The predicted octanol–water partition coefficient (Wildman–Crippen LogP) is 10.4. The number of hydrogen-bond acceptors (Lipinski definition) is 11. The zero-order valence-corrected chi connectivity index (χ0v) is 48.5. The van der Waals surface area contributed by atoms with Crippen molar-refractivity contribution in [2.75, 3.05) is 38.7 Å². The number of aromatic hydroxyl groups is 1. The highest BCUT2D eigenvalue weighted by Gasteiger charge is 2.45. The van der Waals surface area contributed by atoms with E-state index in [0.29, 0.717) is 89.4 Å². The van der Waals surface area contributed by atoms with Crippen LogP contribution in [-0.2, 0) is 41.7 Å². The number of benzene rings is 5. The second-order valence-electron chi connectivity index (χ2n) is 24.0. The van der Waals surface area contributed by atoms with Crippen LogP contribution in [0.2, 0.25) is 0 Å². The van der Waals surface area contributed by atoms with Gasteiger partial charge in [0, 0.05) is 74.1 Å². The number of methoxy groups -OCH3 is 1. The number of Topliss-reactive ketones (excluding diaryl/α,β-unsaturated/α-hetero) is 2. The van der Waals surface area contributed by atoms with Gasteiger partial charge in [0.2, 0.25) is 0 Å². The Morgan fingerprint density at radius 2 is 1.58 bits per heavy atom. The van der Waals surface area contributed by atoms with Crippen molar-refractivity contribution in [3.05, 3.63) is 184 Å². The molecule has 12 nitrogen and oxygen atoms in total. The van der Waals surface area contributed by atoms with Crippen LogP contribution in [0, 0.1) is 47.3 Å². The highest BCUT2D eigenvalue weighted by atomic mass is 16.5. The van der Waals surface area contributed by atoms with Crippen molar-refractivity contribution in [2.24, 2.45) is 35.5 Å². The van der Waals surface area contributed by atoms with E-state index in [4.69, 9.17) is 4.74 Å². The first-order valence-electron chi connectivity index (χ1n) is 30.4. The van der Waals surface area contributed by atoms with Gasteiger partial charge in [0.05, 0.1) is 25.2 Å². The average Bonchev–Trinajstić information content (AvgIpc) is 3.98. The number of nitrogens with one attached hydrogen (secondary N) is 4. The van der Waals surface area contributed by atoms with Crippen molar-refractivity contribution in [3.8, 4) is 23.3 Å². The molecule has 4 aliphatic rings. The van der Waals surface area contributed by atoms with Crippen LogP contribution in [0.4, 0.5) is 5.69 Å². The lowest BCUT2D eigenvalue weighted by Crippen LogP contribution is -2.40. The Hall–Kier alpha value is -6.98. The molecule has 1 saturated carbocycles. The summed E-state index contributed by atoms with van der Waals surface area (Å²) in [7, 11) is 1.52. The summed E-state index contributed by atoms with van der Waals surface area (Å²) >= 11 is 0. The summed E-state index contributed by atoms with van der Waals surface area (Å²) in [6.07, 6.45) is 9.27. The molecule has 2 aliphatic carbocycles. The molecule has 1 aromatic heterocycles. The van der Waals surface area contributed by atoms with Gasteiger partial charge >= 0.3 is 0 Å². The van der Waals surface area contributed by atoms with Crippen LogP contribution in [0.1, 0.15) is 122 Å². The molecular weight excluding hydrogens is 1040 g/mol. The van der Waals surface area contributed by atoms with Gasteiger partial charge in [-0.3, -0.25) is 9.59 Å². The Balaban J connectivity index is 1.12. The molecule has 436 valence electrons. The summed E-state index contributed by atoms with van der Waals surface area (Å²) in [5.74, 6) is 5.01. The van der Waals surface area contributed by atoms with E-state index in [1.54, 1.807) is 6.07 Å². The standard InChI is InChI=1S/C71H84N4O8/c1-4-12-60-54-34-53(33-49-22-26-61(48-15-9-6-10-16-48)68-51(23-27-64(78)71(82)70(81)63(49)37-54)38-66(83-3)69(80)62(68)25-19-45-13-7-5-8-14-45)59(17-11-30-76)50-28-29-73-67(39-50)75-56-24-21-47-20-18-46(31-52(47)35-56)32-58(77)43-72-41-44(2)55-36-57(74-42-55)40-65(60)79/h5-10,13-16,18,20-21,24,28,31,35-36,38-39,42,44,49,53-54,58-61,63,65,71-77,79-80,82H,4,11-12,17,19,23,25,27,29-30,32-34,37,40-41,43H2,1-3H3. The molecule has 9 N–H and O–H groups in total. The van der Waals surface area contributed by atoms with Gasteiger partial charge in [-0.25, -0.2) is 0 Å². The van der Waals surface area contributed by atoms with E-state index in [1.165, 1.54) is 7.11 Å². The Morgan fingerprint density at radius 1 is 0.783 bits per heavy atom. The van der Waals surface area contributed by atoms with Crippen molar-refractivity contribution in [1.29, 1.82) is 0 Å². The fourth-order valence-electron chi connectivity index (χ4n) is 14.1. The first-order valence-corrected chi connectivity index (χ1v) is 30.4. The number of ether oxygens (including phenoxy) is 1. The lowest BCUT2D eigenvalue weighted by atomic mass is 9.71. The van der Waals surface area contributed by atoms with Gasteiger partial charge < -0.3 is 51.2 Å². The third-order valence-electron chi connectivity index (χ3n) is 18.4. The fourth-order valence-corrected chi connectivity index (χ4v) is 14.1. The number of phenolic OH excluding ortho intramolecular Hbond substituents is 1. The predicted molar refractivity (Wildman–Crippen MR) is 328 cm³/mol. The van der Waals surface area contributed by atoms with E-state index in [2.05, 4.69) is 113 Å². The molecule has 0 saturated heterocycles. The maximum Gasteiger partial charge on any atom is 0.173 e. The van der Waals surface area contributed by atoms with E-state index in [-0.39, 0.29) is 60.5 Å². The summed E-state index contributed by atoms with van der Waals surface area (Å²) in [4.78, 5) is 33.5. The number of aliphatic hydroxyl groups is 4. The Morgan fingerprint density at radius 3 is 2.36 bits per heavy atom. The molecule has 9 bridgehead atoms. The molecule has 12 heteroatoms. The number of anilines is 1. The number of rotatable bonds is 10. The first kappa shape index (κ1) is 59.2. The van der Waals surface area contributed by atoms with Gasteiger partial charge in [0.25, 0.3) is 0 Å². The molecule has 0 amide bonds. The van der Waals surface area contributed by atoms with Crippen LogP contribution in [0.25, 0.3) is 10.8 Å². The summed E-state index contributed by atoms with van der Waals surface area (Å²) < 4.78 is 5.82. The third kappa shape index (κ3) is 14.2. The van der Waals surface area contributed by atoms with Crippen LogP contribution in [0.5, 0.6) is 11.5 Å². The number of ketones is 2. The number of aromatic amines is 1. The Labute approximate surface area is 489 Å². The van der Waals surface area contributed by atoms with Crippen LogP contribution in [0.15, 0.2) is 139 Å². The largest absolute Gasteiger partial charge is 0.504 e. The number of dihydropyridines is 1. The van der Waals surface area contributed by atoms with Crippen LogP contribution >= 0.6 is 0 Å². The number of carbonyl (C=O) groups is 2. The number of carbonyl (C=O) groups excluding carboxylic acids is 2. The average molecular weight is 1120 g/mol. The van der Waals surface area contributed by atoms with Crippen molar-refractivity contribution < 1.29 is 39.9 Å². The topological polar surface area (TPSA) is 196 Å². The number of allylic oxidation sites excluding steroid dienone is 2. The molecule has 2 aliphatic heterocycles. The van der Waals surface area contributed by atoms with E-state index >= 15 is 4.79 Å². The summed E-state index contributed by atoms with van der Waals surface area (Å²) in [6, 6.07) is 36.8. The number of aromatic nitrogens is 1. The summed E-state index contributed by atoms with van der Waals surface area (Å²) in [6.45, 7) is 5.93. The van der Waals surface area contributed by atoms with Gasteiger partial charge in [-0.2, -0.15) is 0 Å². The number of hydrogen-bond donors (Lipinski definition) is 9. The molecule has 83 heavy (non-hydrogen) atoms. The zero-order valence-electron chi connectivity index (χ0n) is 48.5. The van der Waals surface area contributed by atoms with E-state index in [1.807, 2.05) is 54.7 Å². The third-order valence-corrected chi connectivity index (χ3v) is 18.4. The molecule has 6 aromatic rings. The number of H-pyrrole nitrogens is 1. The highest BCUT2D eigenvalue weighted by molar-refractivity contribution is 6.06. The van der Waals surface area contributed by atoms with Gasteiger partial charge in [0.15, 0.2) is 29.2 Å². The maximum atomic E-state index is 15.4. The minimum absolute atomic E-state index is 0.00581. The second-order valence-corrected chi connectivity index (χ2v) is 24.0. The van der Waals surface area contributed by atoms with Crippen molar-refractivity contribution in [1.82, 2.24) is 15.6 Å². The minimum Gasteiger partial charge on any atom is -0.504 e. The quantitative estimate of drug-likeness (QED) is 0.0468. The zero-order chi connectivity index (χ0) is 58.0. The molecule has 10 rings (SSSR count). The SMILES string of the molecule is CCCC1C(O)Cc2cc(c[nH]2)C(C)CNCC(O)Cc2ccc3ccc(cc3c2)NC2=CC(=CCN2)C(CCCO)C2CC3C#CC(c4ccccc4)c4c(cc(OC)c(O)c4CCc4ccccc4)CCC(=O)C(O)C(=O)C3CC1C2. The van der Waals surface area contributed by atoms with Gasteiger partial charge in [0.1, 0.15) is 5.82 Å². The number of fused-ring (bicyclic) bond motifs is 9. The van der Waals surface area contributed by atoms with Gasteiger partial charge in [-0.15, -0.1) is 0 Å². The Bertz CT molecular complexity index is 3320. The fraction of sp³-hybridized carbons (Fsp3) is 0.437. The smallest absolute Gasteiger partial charge is 0.173 e. The van der Waals surface area contributed by atoms with Gasteiger partial charge in [-0.05, 0) is 174 Å². The molecule has 1 fully saturated rings. The van der Waals surface area contributed by atoms with Crippen molar-refractivity contribution in [2.45, 2.75) is 127 Å². The monoisotopic (exact) mass is 1120 g/mol. The molecule has 11 atom stereocenters.